The fourth-order valence-electron chi connectivity index (χ4n) is 1.31. The molecule has 0 saturated heterocycles. The minimum Gasteiger partial charge on any atom is -0.356 e. The van der Waals surface area contributed by atoms with Crippen LogP contribution in [0.15, 0.2) is 5.38 Å². The summed E-state index contributed by atoms with van der Waals surface area (Å²) in [5.41, 5.74) is 4.63. The number of rotatable bonds is 6. The van der Waals surface area contributed by atoms with E-state index in [1.54, 1.807) is 0 Å². The predicted molar refractivity (Wildman–Crippen MR) is 66.7 cm³/mol. The molecule has 0 fully saturated rings. The number of nitrogens with two attached hydrogens (primary N) is 1. The molecule has 0 radical (unpaired) electrons. The molecule has 0 aliphatic rings. The quantitative estimate of drug-likeness (QED) is 0.843. The van der Waals surface area contributed by atoms with Gasteiger partial charge in [0.2, 0.25) is 5.91 Å². The molecule has 0 saturated carbocycles. The van der Waals surface area contributed by atoms with Gasteiger partial charge in [-0.15, -0.1) is 11.3 Å². The number of alkyl halides is 3. The van der Waals surface area contributed by atoms with Gasteiger partial charge in [-0.05, 0) is 13.3 Å². The summed E-state index contributed by atoms with van der Waals surface area (Å²) in [6.07, 6.45) is -3.20. The Morgan fingerprint density at radius 2 is 2.26 bits per heavy atom. The Morgan fingerprint density at radius 3 is 2.79 bits per heavy atom. The molecule has 1 amide bonds. The van der Waals surface area contributed by atoms with Crippen molar-refractivity contribution in [3.63, 3.8) is 0 Å². The molecular weight excluding hydrogens is 279 g/mol. The first-order chi connectivity index (χ1) is 8.79. The van der Waals surface area contributed by atoms with Crippen LogP contribution in [0.2, 0.25) is 0 Å². The zero-order valence-corrected chi connectivity index (χ0v) is 11.3. The summed E-state index contributed by atoms with van der Waals surface area (Å²) in [6, 6.07) is -0.0425. The van der Waals surface area contributed by atoms with Crippen molar-refractivity contribution in [3.05, 3.63) is 16.1 Å². The molecular formula is C11H16F3N3OS. The molecule has 4 nitrogen and oxygen atoms in total. The van der Waals surface area contributed by atoms with E-state index in [-0.39, 0.29) is 18.5 Å². The minimum absolute atomic E-state index is 0.0425. The molecule has 1 heterocycles. The average molecular weight is 295 g/mol. The van der Waals surface area contributed by atoms with Crippen molar-refractivity contribution in [3.8, 4) is 0 Å². The smallest absolute Gasteiger partial charge is 0.356 e. The lowest BCUT2D eigenvalue weighted by molar-refractivity contribution is -0.140. The molecule has 0 aliphatic carbocycles. The lowest BCUT2D eigenvalue weighted by Gasteiger charge is -2.05. The van der Waals surface area contributed by atoms with E-state index in [0.717, 1.165) is 16.7 Å². The van der Waals surface area contributed by atoms with E-state index in [9.17, 15) is 18.0 Å². The second kappa shape index (κ2) is 6.85. The Bertz CT molecular complexity index is 418. The van der Waals surface area contributed by atoms with Gasteiger partial charge in [-0.25, -0.2) is 4.98 Å². The van der Waals surface area contributed by atoms with Crippen molar-refractivity contribution in [2.45, 2.75) is 38.4 Å². The van der Waals surface area contributed by atoms with Crippen LogP contribution in [0.4, 0.5) is 13.2 Å². The summed E-state index contributed by atoms with van der Waals surface area (Å²) < 4.78 is 36.9. The van der Waals surface area contributed by atoms with Gasteiger partial charge in [0.15, 0.2) is 5.69 Å². The second-order valence-corrected chi connectivity index (χ2v) is 5.18. The van der Waals surface area contributed by atoms with Gasteiger partial charge in [0.25, 0.3) is 0 Å². The largest absolute Gasteiger partial charge is 0.434 e. The average Bonchev–Trinajstić information content (AvgIpc) is 2.74. The van der Waals surface area contributed by atoms with Crippen LogP contribution in [0.1, 0.15) is 30.5 Å². The van der Waals surface area contributed by atoms with Gasteiger partial charge in [0, 0.05) is 30.8 Å². The fraction of sp³-hybridized carbons (Fsp3) is 0.636. The van der Waals surface area contributed by atoms with Crippen molar-refractivity contribution in [1.82, 2.24) is 10.3 Å². The number of hydrogen-bond donors (Lipinski definition) is 2. The van der Waals surface area contributed by atoms with E-state index < -0.39 is 11.9 Å². The summed E-state index contributed by atoms with van der Waals surface area (Å²) in [4.78, 5) is 14.8. The Balaban J connectivity index is 2.30. The molecule has 108 valence electrons. The molecule has 1 unspecified atom stereocenters. The maximum atomic E-state index is 12.3. The molecule has 8 heteroatoms. The highest BCUT2D eigenvalue weighted by Gasteiger charge is 2.33. The SMILES string of the molecule is CC(N)CCC(=O)NCCc1nc(C(F)(F)F)cs1. The molecule has 1 aromatic heterocycles. The van der Waals surface area contributed by atoms with Gasteiger partial charge in [0.1, 0.15) is 0 Å². The standard InChI is InChI=1S/C11H16F3N3OS/c1-7(15)2-3-9(18)16-5-4-10-17-8(6-19-10)11(12,13)14/h6-7H,2-5,15H2,1H3,(H,16,18). The van der Waals surface area contributed by atoms with E-state index in [0.29, 0.717) is 24.3 Å². The van der Waals surface area contributed by atoms with Crippen LogP contribution < -0.4 is 11.1 Å². The highest BCUT2D eigenvalue weighted by molar-refractivity contribution is 7.09. The van der Waals surface area contributed by atoms with E-state index in [1.165, 1.54) is 0 Å². The maximum Gasteiger partial charge on any atom is 0.434 e. The molecule has 19 heavy (non-hydrogen) atoms. The normalized spacial score (nSPS) is 13.3. The van der Waals surface area contributed by atoms with E-state index in [1.807, 2.05) is 6.92 Å². The highest BCUT2D eigenvalue weighted by Crippen LogP contribution is 2.29. The zero-order valence-electron chi connectivity index (χ0n) is 10.5. The zero-order chi connectivity index (χ0) is 14.5. The number of nitrogens with one attached hydrogen (secondary N) is 1. The van der Waals surface area contributed by atoms with Crippen molar-refractivity contribution >= 4 is 17.2 Å². The molecule has 3 N–H and O–H groups in total. The van der Waals surface area contributed by atoms with Crippen LogP contribution in [0.25, 0.3) is 0 Å². The lowest BCUT2D eigenvalue weighted by Crippen LogP contribution is -2.27. The number of amides is 1. The van der Waals surface area contributed by atoms with Gasteiger partial charge in [-0.2, -0.15) is 13.2 Å². The van der Waals surface area contributed by atoms with Crippen LogP contribution in [0.3, 0.4) is 0 Å². The molecule has 0 aliphatic heterocycles. The number of carbonyl (C=O) groups excluding carboxylic acids is 1. The third-order valence-electron chi connectivity index (χ3n) is 2.33. The third kappa shape index (κ3) is 6.02. The van der Waals surface area contributed by atoms with Crippen LogP contribution in [-0.2, 0) is 17.4 Å². The van der Waals surface area contributed by atoms with Crippen LogP contribution in [0, 0.1) is 0 Å². The first-order valence-corrected chi connectivity index (χ1v) is 6.71. The third-order valence-corrected chi connectivity index (χ3v) is 3.24. The Hall–Kier alpha value is -1.15. The monoisotopic (exact) mass is 295 g/mol. The Morgan fingerprint density at radius 1 is 1.58 bits per heavy atom. The van der Waals surface area contributed by atoms with Crippen molar-refractivity contribution < 1.29 is 18.0 Å². The first-order valence-electron chi connectivity index (χ1n) is 5.83. The van der Waals surface area contributed by atoms with Crippen LogP contribution in [0.5, 0.6) is 0 Å². The van der Waals surface area contributed by atoms with E-state index in [4.69, 9.17) is 5.73 Å². The highest BCUT2D eigenvalue weighted by atomic mass is 32.1. The Labute approximate surface area is 113 Å². The van der Waals surface area contributed by atoms with E-state index in [2.05, 4.69) is 10.3 Å². The molecule has 1 atom stereocenters. The van der Waals surface area contributed by atoms with Crippen molar-refractivity contribution in [1.29, 1.82) is 0 Å². The van der Waals surface area contributed by atoms with Crippen molar-refractivity contribution in [2.24, 2.45) is 5.73 Å². The topological polar surface area (TPSA) is 68.0 Å². The molecule has 0 aromatic carbocycles. The fourth-order valence-corrected chi connectivity index (χ4v) is 2.12. The summed E-state index contributed by atoms with van der Waals surface area (Å²) >= 11 is 0.944. The van der Waals surface area contributed by atoms with Gasteiger partial charge in [0.05, 0.1) is 5.01 Å². The molecule has 1 rings (SSSR count). The molecule has 0 spiro atoms. The summed E-state index contributed by atoms with van der Waals surface area (Å²) in [6.45, 7) is 2.09. The minimum atomic E-state index is -4.41. The first kappa shape index (κ1) is 15.9. The van der Waals surface area contributed by atoms with Crippen molar-refractivity contribution in [2.75, 3.05) is 6.54 Å². The Kier molecular flexibility index (Phi) is 5.74. The lowest BCUT2D eigenvalue weighted by atomic mass is 10.2. The van der Waals surface area contributed by atoms with Gasteiger partial charge >= 0.3 is 6.18 Å². The van der Waals surface area contributed by atoms with Crippen LogP contribution in [-0.4, -0.2) is 23.5 Å². The number of hydrogen-bond acceptors (Lipinski definition) is 4. The number of halogens is 3. The number of thiazole rings is 1. The predicted octanol–water partition coefficient (Wildman–Crippen LogP) is 1.95. The summed E-state index contributed by atoms with van der Waals surface area (Å²) in [5, 5.41) is 3.97. The van der Waals surface area contributed by atoms with Gasteiger partial charge in [-0.3, -0.25) is 4.79 Å². The van der Waals surface area contributed by atoms with Crippen LogP contribution >= 0.6 is 11.3 Å². The number of nitrogens with zero attached hydrogens (tertiary/aromatic N) is 1. The molecule has 1 aromatic rings. The summed E-state index contributed by atoms with van der Waals surface area (Å²) in [7, 11) is 0. The summed E-state index contributed by atoms with van der Waals surface area (Å²) in [5.74, 6) is -0.148. The van der Waals surface area contributed by atoms with Gasteiger partial charge in [-0.1, -0.05) is 0 Å². The maximum absolute atomic E-state index is 12.3. The van der Waals surface area contributed by atoms with E-state index >= 15 is 0 Å². The number of carbonyl (C=O) groups is 1. The second-order valence-electron chi connectivity index (χ2n) is 4.24. The molecule has 0 bridgehead atoms. The number of aromatic nitrogens is 1. The van der Waals surface area contributed by atoms with Gasteiger partial charge < -0.3 is 11.1 Å².